The highest BCUT2D eigenvalue weighted by molar-refractivity contribution is 6.46. The van der Waals surface area contributed by atoms with Gasteiger partial charge in [-0.2, -0.15) is 0 Å². The van der Waals surface area contributed by atoms with E-state index >= 15 is 0 Å². The molecule has 1 N–H and O–H groups in total. The van der Waals surface area contributed by atoms with E-state index in [1.807, 2.05) is 0 Å². The molecule has 0 aliphatic carbocycles. The molecule has 0 bridgehead atoms. The molecule has 1 amide bonds. The lowest BCUT2D eigenvalue weighted by Gasteiger charge is -2.30. The number of Topliss-reactive ketones (excluding diaryl/α,β-unsaturated/α-hetero) is 1. The first kappa shape index (κ1) is 24.9. The number of likely N-dealkylation sites (tertiary alicyclic amines) is 1. The summed E-state index contributed by atoms with van der Waals surface area (Å²) < 4.78 is 27.4. The summed E-state index contributed by atoms with van der Waals surface area (Å²) in [5.74, 6) is 0.150. The number of para-hydroxylation sites is 1. The van der Waals surface area contributed by atoms with Gasteiger partial charge in [-0.15, -0.1) is 0 Å². The van der Waals surface area contributed by atoms with E-state index in [1.165, 1.54) is 19.1 Å². The van der Waals surface area contributed by atoms with E-state index in [1.54, 1.807) is 36.4 Å². The molecular weight excluding hydrogens is 480 g/mol. The van der Waals surface area contributed by atoms with Crippen LogP contribution in [-0.2, 0) is 14.3 Å². The van der Waals surface area contributed by atoms with Gasteiger partial charge in [0.15, 0.2) is 23.0 Å². The molecule has 10 heteroatoms. The molecule has 0 aromatic heterocycles. The van der Waals surface area contributed by atoms with Gasteiger partial charge in [0, 0.05) is 37.3 Å². The maximum absolute atomic E-state index is 13.4. The highest BCUT2D eigenvalue weighted by atomic mass is 16.7. The van der Waals surface area contributed by atoms with Crippen LogP contribution in [0.3, 0.4) is 0 Å². The van der Waals surface area contributed by atoms with Crippen molar-refractivity contribution in [2.24, 2.45) is 0 Å². The smallest absolute Gasteiger partial charge is 0.295 e. The molecule has 2 aromatic rings. The summed E-state index contributed by atoms with van der Waals surface area (Å²) in [4.78, 5) is 30.5. The Bertz CT molecular complexity index is 1220. The number of morpholine rings is 1. The van der Waals surface area contributed by atoms with Crippen LogP contribution < -0.4 is 18.9 Å². The Morgan fingerprint density at radius 2 is 1.81 bits per heavy atom. The number of fused-ring (bicyclic) bond motifs is 1. The molecule has 0 saturated carbocycles. The number of hydrogen-bond donors (Lipinski definition) is 1. The van der Waals surface area contributed by atoms with Gasteiger partial charge in [0.2, 0.25) is 6.79 Å². The second-order valence-electron chi connectivity index (χ2n) is 8.95. The van der Waals surface area contributed by atoms with Crippen molar-refractivity contribution < 1.29 is 38.4 Å². The quantitative estimate of drug-likeness (QED) is 0.326. The Morgan fingerprint density at radius 3 is 2.57 bits per heavy atom. The van der Waals surface area contributed by atoms with Crippen LogP contribution in [0.5, 0.6) is 23.0 Å². The van der Waals surface area contributed by atoms with E-state index in [0.29, 0.717) is 60.3 Å². The number of methoxy groups -OCH3 is 2. The molecule has 37 heavy (non-hydrogen) atoms. The van der Waals surface area contributed by atoms with Crippen molar-refractivity contribution in [3.63, 3.8) is 0 Å². The minimum atomic E-state index is -0.861. The summed E-state index contributed by atoms with van der Waals surface area (Å²) >= 11 is 0. The van der Waals surface area contributed by atoms with Gasteiger partial charge < -0.3 is 33.7 Å². The average molecular weight is 511 g/mol. The number of aliphatic hydroxyl groups excluding tert-OH is 1. The number of carbonyl (C=O) groups excluding carboxylic acids is 2. The van der Waals surface area contributed by atoms with Crippen molar-refractivity contribution in [1.29, 1.82) is 0 Å². The lowest BCUT2D eigenvalue weighted by molar-refractivity contribution is -0.140. The Labute approximate surface area is 214 Å². The van der Waals surface area contributed by atoms with E-state index in [9.17, 15) is 14.7 Å². The van der Waals surface area contributed by atoms with Crippen molar-refractivity contribution in [1.82, 2.24) is 9.80 Å². The summed E-state index contributed by atoms with van der Waals surface area (Å²) in [6.07, 6.45) is 0.653. The minimum Gasteiger partial charge on any atom is -0.507 e. The van der Waals surface area contributed by atoms with Crippen molar-refractivity contribution in [2.45, 2.75) is 12.5 Å². The first-order valence-electron chi connectivity index (χ1n) is 12.2. The Morgan fingerprint density at radius 1 is 1.03 bits per heavy atom. The van der Waals surface area contributed by atoms with Crippen LogP contribution in [0.2, 0.25) is 0 Å². The van der Waals surface area contributed by atoms with Crippen LogP contribution in [0.4, 0.5) is 0 Å². The number of amides is 1. The fourth-order valence-electron chi connectivity index (χ4n) is 5.05. The number of rotatable bonds is 8. The second kappa shape index (κ2) is 10.7. The van der Waals surface area contributed by atoms with E-state index in [2.05, 4.69) is 4.90 Å². The van der Waals surface area contributed by atoms with E-state index in [4.69, 9.17) is 23.7 Å². The van der Waals surface area contributed by atoms with E-state index in [0.717, 1.165) is 19.6 Å². The topological polar surface area (TPSA) is 107 Å². The standard InChI is InChI=1S/C27H30N2O8/c1-33-20-6-3-5-18(26(20)34-2)23-22(24(30)17-7-8-19-21(15-17)37-16-36-19)25(31)27(32)29(23)10-4-9-28-11-13-35-14-12-28/h3,5-8,15,23,30H,4,9-14,16H2,1-2H3. The van der Waals surface area contributed by atoms with Gasteiger partial charge >= 0.3 is 0 Å². The van der Waals surface area contributed by atoms with Crippen LogP contribution in [-0.4, -0.2) is 87.0 Å². The summed E-state index contributed by atoms with van der Waals surface area (Å²) in [6.45, 7) is 4.18. The molecule has 2 saturated heterocycles. The predicted molar refractivity (Wildman–Crippen MR) is 133 cm³/mol. The van der Waals surface area contributed by atoms with Crippen LogP contribution in [0, 0.1) is 0 Å². The number of carbonyl (C=O) groups is 2. The van der Waals surface area contributed by atoms with Gasteiger partial charge in [-0.05, 0) is 30.7 Å². The number of ether oxygens (including phenoxy) is 5. The molecule has 0 spiro atoms. The van der Waals surface area contributed by atoms with Crippen molar-refractivity contribution in [2.75, 3.05) is 60.4 Å². The van der Waals surface area contributed by atoms with Crippen molar-refractivity contribution >= 4 is 17.4 Å². The largest absolute Gasteiger partial charge is 0.507 e. The first-order chi connectivity index (χ1) is 18.0. The minimum absolute atomic E-state index is 0.0122. The molecule has 0 radical (unpaired) electrons. The third-order valence-electron chi connectivity index (χ3n) is 6.89. The van der Waals surface area contributed by atoms with E-state index in [-0.39, 0.29) is 18.1 Å². The summed E-state index contributed by atoms with van der Waals surface area (Å²) in [6, 6.07) is 9.32. The zero-order valence-electron chi connectivity index (χ0n) is 20.9. The fourth-order valence-corrected chi connectivity index (χ4v) is 5.05. The second-order valence-corrected chi connectivity index (χ2v) is 8.95. The summed E-state index contributed by atoms with van der Waals surface area (Å²) in [5, 5.41) is 11.4. The third kappa shape index (κ3) is 4.70. The van der Waals surface area contributed by atoms with Crippen LogP contribution >= 0.6 is 0 Å². The molecule has 10 nitrogen and oxygen atoms in total. The number of ketones is 1. The fraction of sp³-hybridized carbons (Fsp3) is 0.407. The maximum Gasteiger partial charge on any atom is 0.295 e. The third-order valence-corrected chi connectivity index (χ3v) is 6.89. The Balaban J connectivity index is 1.55. The Hall–Kier alpha value is -3.76. The number of benzene rings is 2. The molecule has 1 atom stereocenters. The zero-order valence-corrected chi connectivity index (χ0v) is 20.9. The monoisotopic (exact) mass is 510 g/mol. The van der Waals surface area contributed by atoms with Gasteiger partial charge in [0.05, 0.1) is 39.0 Å². The van der Waals surface area contributed by atoms with Gasteiger partial charge in [0.25, 0.3) is 11.7 Å². The molecule has 5 rings (SSSR count). The number of hydrogen-bond acceptors (Lipinski definition) is 9. The number of aliphatic hydroxyl groups is 1. The predicted octanol–water partition coefficient (Wildman–Crippen LogP) is 2.58. The van der Waals surface area contributed by atoms with Crippen molar-refractivity contribution in [3.05, 3.63) is 53.1 Å². The van der Waals surface area contributed by atoms with Gasteiger partial charge in [-0.25, -0.2) is 0 Å². The average Bonchev–Trinajstić information content (AvgIpc) is 3.50. The SMILES string of the molecule is COc1cccc(C2C(=C(O)c3ccc4c(c3)OCO4)C(=O)C(=O)N2CCCN2CCOCC2)c1OC. The summed E-state index contributed by atoms with van der Waals surface area (Å²) in [5.41, 5.74) is 0.888. The normalized spacial score (nSPS) is 20.9. The van der Waals surface area contributed by atoms with Crippen LogP contribution in [0.15, 0.2) is 42.0 Å². The lowest BCUT2D eigenvalue weighted by atomic mass is 9.94. The molecule has 2 aromatic carbocycles. The molecule has 1 unspecified atom stereocenters. The van der Waals surface area contributed by atoms with Crippen LogP contribution in [0.1, 0.15) is 23.6 Å². The van der Waals surface area contributed by atoms with Gasteiger partial charge in [-0.1, -0.05) is 12.1 Å². The van der Waals surface area contributed by atoms with Crippen molar-refractivity contribution in [3.8, 4) is 23.0 Å². The molecule has 3 aliphatic rings. The zero-order chi connectivity index (χ0) is 25.9. The first-order valence-corrected chi connectivity index (χ1v) is 12.2. The molecule has 3 aliphatic heterocycles. The van der Waals surface area contributed by atoms with Gasteiger partial charge in [-0.3, -0.25) is 14.5 Å². The molecule has 2 fully saturated rings. The lowest BCUT2D eigenvalue weighted by Crippen LogP contribution is -2.39. The molecule has 196 valence electrons. The maximum atomic E-state index is 13.4. The highest BCUT2D eigenvalue weighted by Gasteiger charge is 2.47. The number of nitrogens with zero attached hydrogens (tertiary/aromatic N) is 2. The van der Waals surface area contributed by atoms with Gasteiger partial charge in [0.1, 0.15) is 5.76 Å². The van der Waals surface area contributed by atoms with E-state index < -0.39 is 17.7 Å². The molecule has 3 heterocycles. The van der Waals surface area contributed by atoms with Crippen LogP contribution in [0.25, 0.3) is 5.76 Å². The molecular formula is C27H30N2O8. The highest BCUT2D eigenvalue weighted by Crippen LogP contribution is 2.46. The Kier molecular flexibility index (Phi) is 7.20. The summed E-state index contributed by atoms with van der Waals surface area (Å²) in [7, 11) is 3.03.